The quantitative estimate of drug-likeness (QED) is 0.744. The van der Waals surface area contributed by atoms with Crippen LogP contribution in [0.15, 0.2) is 48.5 Å². The molecule has 0 saturated carbocycles. The average Bonchev–Trinajstić information content (AvgIpc) is 3.11. The number of benzene rings is 2. The molecule has 2 aromatic carbocycles. The Labute approximate surface area is 191 Å². The molecule has 8 heteroatoms. The molecule has 4 rings (SSSR count). The normalized spacial score (nSPS) is 22.8. The molecule has 0 aliphatic carbocycles. The van der Waals surface area contributed by atoms with Crippen LogP contribution < -0.4 is 10.6 Å². The van der Waals surface area contributed by atoms with Crippen LogP contribution >= 0.6 is 0 Å². The number of halogens is 2. The molecule has 2 aliphatic heterocycles. The van der Waals surface area contributed by atoms with E-state index >= 15 is 0 Å². The Hall–Kier alpha value is -3.29. The van der Waals surface area contributed by atoms with Crippen LogP contribution in [0.25, 0.3) is 0 Å². The van der Waals surface area contributed by atoms with Gasteiger partial charge in [-0.3, -0.25) is 14.4 Å². The molecule has 33 heavy (non-hydrogen) atoms. The third kappa shape index (κ3) is 4.60. The van der Waals surface area contributed by atoms with Gasteiger partial charge in [0.05, 0.1) is 5.54 Å². The predicted octanol–water partition coefficient (Wildman–Crippen LogP) is 3.14. The molecule has 2 atom stereocenters. The minimum atomic E-state index is -1.26. The summed E-state index contributed by atoms with van der Waals surface area (Å²) in [6.07, 6.45) is 1.83. The highest BCUT2D eigenvalue weighted by atomic mass is 19.1. The van der Waals surface area contributed by atoms with Crippen molar-refractivity contribution in [1.82, 2.24) is 15.5 Å². The molecule has 174 valence electrons. The Kier molecular flexibility index (Phi) is 5.95. The van der Waals surface area contributed by atoms with E-state index in [2.05, 4.69) is 10.6 Å². The van der Waals surface area contributed by atoms with Crippen molar-refractivity contribution in [2.45, 2.75) is 50.1 Å². The van der Waals surface area contributed by atoms with Gasteiger partial charge in [0.1, 0.15) is 17.2 Å². The third-order valence-corrected chi connectivity index (χ3v) is 6.57. The first-order valence-electron chi connectivity index (χ1n) is 11.0. The number of nitrogens with one attached hydrogen (secondary N) is 2. The van der Waals surface area contributed by atoms with Crippen LogP contribution in [0.3, 0.4) is 0 Å². The highest BCUT2D eigenvalue weighted by Gasteiger charge is 2.52. The number of carbonyl (C=O) groups excluding carboxylic acids is 3. The van der Waals surface area contributed by atoms with E-state index in [-0.39, 0.29) is 29.1 Å². The zero-order valence-corrected chi connectivity index (χ0v) is 18.7. The Balaban J connectivity index is 1.57. The first-order chi connectivity index (χ1) is 15.6. The van der Waals surface area contributed by atoms with Crippen molar-refractivity contribution in [1.29, 1.82) is 0 Å². The molecule has 2 saturated heterocycles. The Morgan fingerprint density at radius 2 is 1.85 bits per heavy atom. The molecular weight excluding hydrogens is 428 g/mol. The molecule has 2 aromatic rings. The zero-order valence-electron chi connectivity index (χ0n) is 18.7. The van der Waals surface area contributed by atoms with Gasteiger partial charge in [-0.25, -0.2) is 8.78 Å². The monoisotopic (exact) mass is 455 g/mol. The van der Waals surface area contributed by atoms with E-state index in [1.807, 2.05) is 0 Å². The summed E-state index contributed by atoms with van der Waals surface area (Å²) in [4.78, 5) is 40.1. The van der Waals surface area contributed by atoms with Gasteiger partial charge in [-0.15, -0.1) is 0 Å². The molecule has 0 radical (unpaired) electrons. The summed E-state index contributed by atoms with van der Waals surface area (Å²) in [6.45, 7) is 3.82. The summed E-state index contributed by atoms with van der Waals surface area (Å²) < 4.78 is 27.0. The van der Waals surface area contributed by atoms with Gasteiger partial charge in [0.15, 0.2) is 0 Å². The number of amides is 3. The number of likely N-dealkylation sites (tertiary alicyclic amines) is 1. The van der Waals surface area contributed by atoms with Crippen LogP contribution in [-0.4, -0.2) is 46.8 Å². The molecule has 1 spiro atoms. The number of rotatable bonds is 4. The predicted molar refractivity (Wildman–Crippen MR) is 118 cm³/mol. The van der Waals surface area contributed by atoms with Crippen LogP contribution in [0.1, 0.15) is 54.9 Å². The molecule has 0 bridgehead atoms. The standard InChI is InChI=1S/C25H27F2N3O3/c1-24(2,29-22(32)17-5-3-6-19(27)13-17)23(33)30-14-20(16-8-10-18(26)11-9-16)25(15-30)12-4-7-21(31)28-25/h3,5-6,8-11,13,20H,4,7,12,14-15H2,1-2H3,(H,28,31)(H,29,32)/t20-,25+/m0/s1. The van der Waals surface area contributed by atoms with Gasteiger partial charge in [0.25, 0.3) is 5.91 Å². The van der Waals surface area contributed by atoms with Crippen molar-refractivity contribution in [2.75, 3.05) is 13.1 Å². The van der Waals surface area contributed by atoms with Crippen LogP contribution in [0, 0.1) is 11.6 Å². The fourth-order valence-electron chi connectivity index (χ4n) is 4.97. The maximum atomic E-state index is 13.5. The Morgan fingerprint density at radius 1 is 1.12 bits per heavy atom. The maximum Gasteiger partial charge on any atom is 0.252 e. The van der Waals surface area contributed by atoms with Gasteiger partial charge in [-0.1, -0.05) is 18.2 Å². The first kappa shape index (κ1) is 22.9. The Morgan fingerprint density at radius 3 is 2.52 bits per heavy atom. The van der Waals surface area contributed by atoms with Gasteiger partial charge in [-0.05, 0) is 62.6 Å². The highest BCUT2D eigenvalue weighted by Crippen LogP contribution is 2.42. The molecule has 2 aliphatic rings. The summed E-state index contributed by atoms with van der Waals surface area (Å²) in [6, 6.07) is 11.4. The molecular formula is C25H27F2N3O3. The van der Waals surface area contributed by atoms with E-state index in [1.165, 1.54) is 30.3 Å². The van der Waals surface area contributed by atoms with Crippen molar-refractivity contribution >= 4 is 17.7 Å². The van der Waals surface area contributed by atoms with Crippen molar-refractivity contribution < 1.29 is 23.2 Å². The second-order valence-electron chi connectivity index (χ2n) is 9.44. The summed E-state index contributed by atoms with van der Waals surface area (Å²) in [5.41, 5.74) is -0.945. The van der Waals surface area contributed by atoms with Gasteiger partial charge < -0.3 is 15.5 Å². The van der Waals surface area contributed by atoms with Gasteiger partial charge in [-0.2, -0.15) is 0 Å². The van der Waals surface area contributed by atoms with E-state index in [0.29, 0.717) is 32.4 Å². The van der Waals surface area contributed by atoms with Gasteiger partial charge in [0, 0.05) is 31.0 Å². The smallest absolute Gasteiger partial charge is 0.252 e. The summed E-state index contributed by atoms with van der Waals surface area (Å²) in [5.74, 6) is -2.03. The van der Waals surface area contributed by atoms with E-state index < -0.39 is 22.8 Å². The lowest BCUT2D eigenvalue weighted by Gasteiger charge is -2.39. The number of hydrogen-bond acceptors (Lipinski definition) is 3. The molecule has 2 fully saturated rings. The van der Waals surface area contributed by atoms with Crippen molar-refractivity contribution in [3.05, 3.63) is 71.3 Å². The highest BCUT2D eigenvalue weighted by molar-refractivity contribution is 5.99. The fraction of sp³-hybridized carbons (Fsp3) is 0.400. The summed E-state index contributed by atoms with van der Waals surface area (Å²) in [7, 11) is 0. The lowest BCUT2D eigenvalue weighted by molar-refractivity contribution is -0.136. The molecule has 2 heterocycles. The van der Waals surface area contributed by atoms with Gasteiger partial charge in [0.2, 0.25) is 11.8 Å². The van der Waals surface area contributed by atoms with Crippen molar-refractivity contribution in [2.24, 2.45) is 0 Å². The topological polar surface area (TPSA) is 78.5 Å². The second kappa shape index (κ2) is 8.57. The summed E-state index contributed by atoms with van der Waals surface area (Å²) in [5, 5.41) is 5.81. The van der Waals surface area contributed by atoms with Crippen LogP contribution in [0.5, 0.6) is 0 Å². The van der Waals surface area contributed by atoms with Crippen molar-refractivity contribution in [3.63, 3.8) is 0 Å². The average molecular weight is 456 g/mol. The lowest BCUT2D eigenvalue weighted by Crippen LogP contribution is -2.58. The number of carbonyl (C=O) groups is 3. The number of nitrogens with zero attached hydrogens (tertiary/aromatic N) is 1. The first-order valence-corrected chi connectivity index (χ1v) is 11.0. The summed E-state index contributed by atoms with van der Waals surface area (Å²) >= 11 is 0. The SMILES string of the molecule is CC(C)(NC(=O)c1cccc(F)c1)C(=O)N1C[C@@H](c2ccc(F)cc2)[C@@]2(CCCC(=O)N2)C1. The number of hydrogen-bond donors (Lipinski definition) is 2. The number of piperidine rings is 1. The van der Waals surface area contributed by atoms with E-state index in [4.69, 9.17) is 0 Å². The minimum Gasteiger partial charge on any atom is -0.348 e. The van der Waals surface area contributed by atoms with Crippen LogP contribution in [0.4, 0.5) is 8.78 Å². The van der Waals surface area contributed by atoms with Gasteiger partial charge >= 0.3 is 0 Å². The minimum absolute atomic E-state index is 0.0682. The van der Waals surface area contributed by atoms with E-state index in [1.54, 1.807) is 30.9 Å². The second-order valence-corrected chi connectivity index (χ2v) is 9.44. The van der Waals surface area contributed by atoms with E-state index in [9.17, 15) is 23.2 Å². The lowest BCUT2D eigenvalue weighted by atomic mass is 9.76. The van der Waals surface area contributed by atoms with E-state index in [0.717, 1.165) is 11.6 Å². The molecule has 0 unspecified atom stereocenters. The fourth-order valence-corrected chi connectivity index (χ4v) is 4.97. The Bertz CT molecular complexity index is 1090. The largest absolute Gasteiger partial charge is 0.348 e. The van der Waals surface area contributed by atoms with Crippen molar-refractivity contribution in [3.8, 4) is 0 Å². The van der Waals surface area contributed by atoms with Crippen LogP contribution in [-0.2, 0) is 9.59 Å². The molecule has 6 nitrogen and oxygen atoms in total. The third-order valence-electron chi connectivity index (χ3n) is 6.57. The molecule has 0 aromatic heterocycles. The van der Waals surface area contributed by atoms with Crippen LogP contribution in [0.2, 0.25) is 0 Å². The maximum absolute atomic E-state index is 13.5. The molecule has 2 N–H and O–H groups in total. The zero-order chi connectivity index (χ0) is 23.8. The molecule has 3 amide bonds.